The van der Waals surface area contributed by atoms with E-state index in [4.69, 9.17) is 5.73 Å². The molecule has 2 amide bonds. The average Bonchev–Trinajstić information content (AvgIpc) is 2.60. The summed E-state index contributed by atoms with van der Waals surface area (Å²) in [5.41, 5.74) is 5.03. The van der Waals surface area contributed by atoms with Crippen molar-refractivity contribution < 1.29 is 14.7 Å². The van der Waals surface area contributed by atoms with E-state index in [1.54, 1.807) is 6.92 Å². The number of aliphatic hydroxyl groups is 1. The van der Waals surface area contributed by atoms with E-state index < -0.39 is 12.0 Å². The van der Waals surface area contributed by atoms with Gasteiger partial charge in [-0.05, 0) is 13.3 Å². The summed E-state index contributed by atoms with van der Waals surface area (Å²) in [6, 6.07) is -0.390. The van der Waals surface area contributed by atoms with Gasteiger partial charge in [-0.15, -0.1) is 0 Å². The zero-order chi connectivity index (χ0) is 11.4. The second-order valence-corrected chi connectivity index (χ2v) is 3.67. The van der Waals surface area contributed by atoms with Crippen LogP contribution in [0, 0.1) is 0 Å². The van der Waals surface area contributed by atoms with E-state index in [-0.39, 0.29) is 18.5 Å². The molecular weight excluding hydrogens is 198 g/mol. The average molecular weight is 215 g/mol. The first-order chi connectivity index (χ1) is 7.04. The summed E-state index contributed by atoms with van der Waals surface area (Å²) in [4.78, 5) is 23.9. The fourth-order valence-corrected chi connectivity index (χ4v) is 1.66. The number of amides is 2. The first kappa shape index (κ1) is 11.9. The Labute approximate surface area is 88.4 Å². The van der Waals surface area contributed by atoms with E-state index in [0.29, 0.717) is 19.5 Å². The molecule has 0 aliphatic carbocycles. The highest BCUT2D eigenvalue weighted by Crippen LogP contribution is 2.09. The van der Waals surface area contributed by atoms with Crippen molar-refractivity contribution in [2.45, 2.75) is 25.5 Å². The van der Waals surface area contributed by atoms with Crippen LogP contribution in [0.5, 0.6) is 0 Å². The van der Waals surface area contributed by atoms with Gasteiger partial charge in [-0.1, -0.05) is 0 Å². The van der Waals surface area contributed by atoms with Crippen molar-refractivity contribution in [1.29, 1.82) is 0 Å². The summed E-state index contributed by atoms with van der Waals surface area (Å²) >= 11 is 0. The SMILES string of the molecule is CCN(CC(N)=O)C(=O)C1CC(O)CN1. The van der Waals surface area contributed by atoms with Crippen LogP contribution in [0.3, 0.4) is 0 Å². The van der Waals surface area contributed by atoms with Crippen LogP contribution in [0.2, 0.25) is 0 Å². The molecule has 1 rings (SSSR count). The number of nitrogens with zero attached hydrogens (tertiary/aromatic N) is 1. The van der Waals surface area contributed by atoms with E-state index in [9.17, 15) is 14.7 Å². The number of rotatable bonds is 4. The highest BCUT2D eigenvalue weighted by molar-refractivity contribution is 5.87. The van der Waals surface area contributed by atoms with Gasteiger partial charge < -0.3 is 21.1 Å². The van der Waals surface area contributed by atoms with Gasteiger partial charge in [0.05, 0.1) is 18.7 Å². The van der Waals surface area contributed by atoms with Gasteiger partial charge in [0.15, 0.2) is 0 Å². The van der Waals surface area contributed by atoms with Gasteiger partial charge in [0.1, 0.15) is 0 Å². The van der Waals surface area contributed by atoms with Crippen molar-refractivity contribution in [3.63, 3.8) is 0 Å². The summed E-state index contributed by atoms with van der Waals surface area (Å²) in [7, 11) is 0. The molecule has 2 atom stereocenters. The highest BCUT2D eigenvalue weighted by atomic mass is 16.3. The third-order valence-corrected chi connectivity index (χ3v) is 2.45. The molecule has 1 aliphatic heterocycles. The van der Waals surface area contributed by atoms with Crippen LogP contribution < -0.4 is 11.1 Å². The van der Waals surface area contributed by atoms with E-state index in [0.717, 1.165) is 0 Å². The lowest BCUT2D eigenvalue weighted by atomic mass is 10.2. The fraction of sp³-hybridized carbons (Fsp3) is 0.778. The van der Waals surface area contributed by atoms with Crippen molar-refractivity contribution in [3.05, 3.63) is 0 Å². The van der Waals surface area contributed by atoms with Crippen LogP contribution in [0.1, 0.15) is 13.3 Å². The summed E-state index contributed by atoms with van der Waals surface area (Å²) in [5.74, 6) is -0.698. The van der Waals surface area contributed by atoms with Crippen molar-refractivity contribution in [1.82, 2.24) is 10.2 Å². The van der Waals surface area contributed by atoms with Crippen LogP contribution in [0.15, 0.2) is 0 Å². The number of likely N-dealkylation sites (N-methyl/N-ethyl adjacent to an activating group) is 1. The number of primary amides is 1. The molecule has 0 radical (unpaired) electrons. The minimum absolute atomic E-state index is 0.0659. The lowest BCUT2D eigenvalue weighted by Gasteiger charge is -2.22. The molecule has 0 saturated carbocycles. The fourth-order valence-electron chi connectivity index (χ4n) is 1.66. The van der Waals surface area contributed by atoms with Crippen LogP contribution >= 0.6 is 0 Å². The summed E-state index contributed by atoms with van der Waals surface area (Å²) in [5, 5.41) is 12.2. The number of carbonyl (C=O) groups is 2. The molecule has 15 heavy (non-hydrogen) atoms. The van der Waals surface area contributed by atoms with Crippen LogP contribution in [0.4, 0.5) is 0 Å². The normalized spacial score (nSPS) is 25.2. The van der Waals surface area contributed by atoms with E-state index in [1.807, 2.05) is 0 Å². The number of carbonyl (C=O) groups excluding carboxylic acids is 2. The molecule has 0 aromatic heterocycles. The van der Waals surface area contributed by atoms with Crippen molar-refractivity contribution in [2.75, 3.05) is 19.6 Å². The molecule has 1 fully saturated rings. The molecule has 0 bridgehead atoms. The third kappa shape index (κ3) is 3.17. The van der Waals surface area contributed by atoms with E-state index in [2.05, 4.69) is 5.32 Å². The Kier molecular flexibility index (Phi) is 4.05. The zero-order valence-corrected chi connectivity index (χ0v) is 8.77. The molecule has 4 N–H and O–H groups in total. The number of aliphatic hydroxyl groups excluding tert-OH is 1. The van der Waals surface area contributed by atoms with Crippen LogP contribution in [-0.2, 0) is 9.59 Å². The first-order valence-electron chi connectivity index (χ1n) is 5.03. The molecule has 6 heteroatoms. The topological polar surface area (TPSA) is 95.7 Å². The molecule has 0 aromatic carbocycles. The maximum absolute atomic E-state index is 11.8. The predicted molar refractivity (Wildman–Crippen MR) is 53.9 cm³/mol. The second kappa shape index (κ2) is 5.09. The minimum Gasteiger partial charge on any atom is -0.392 e. The zero-order valence-electron chi connectivity index (χ0n) is 8.77. The maximum atomic E-state index is 11.8. The Morgan fingerprint density at radius 2 is 2.27 bits per heavy atom. The van der Waals surface area contributed by atoms with Crippen molar-refractivity contribution in [2.24, 2.45) is 5.73 Å². The molecule has 86 valence electrons. The molecule has 0 aromatic rings. The Hall–Kier alpha value is -1.14. The van der Waals surface area contributed by atoms with Gasteiger partial charge in [0, 0.05) is 13.1 Å². The third-order valence-electron chi connectivity index (χ3n) is 2.45. The van der Waals surface area contributed by atoms with Gasteiger partial charge in [-0.2, -0.15) is 0 Å². The maximum Gasteiger partial charge on any atom is 0.240 e. The van der Waals surface area contributed by atoms with E-state index in [1.165, 1.54) is 4.90 Å². The number of β-amino-alcohol motifs (C(OH)–C–C–N with tert-alkyl or cyclic N) is 1. The number of nitrogens with one attached hydrogen (secondary N) is 1. The Balaban J connectivity index is 2.53. The summed E-state index contributed by atoms with van der Waals surface area (Å²) in [6.07, 6.45) is -0.0834. The first-order valence-corrected chi connectivity index (χ1v) is 5.03. The van der Waals surface area contributed by atoms with Gasteiger partial charge in [-0.25, -0.2) is 0 Å². The standard InChI is InChI=1S/C9H17N3O3/c1-2-12(5-8(10)14)9(15)7-3-6(13)4-11-7/h6-7,11,13H,2-5H2,1H3,(H2,10,14). The Morgan fingerprint density at radius 3 is 2.67 bits per heavy atom. The van der Waals surface area contributed by atoms with Crippen molar-refractivity contribution in [3.8, 4) is 0 Å². The predicted octanol–water partition coefficient (Wildman–Crippen LogP) is -1.96. The van der Waals surface area contributed by atoms with Gasteiger partial charge in [0.25, 0.3) is 0 Å². The van der Waals surface area contributed by atoms with Crippen LogP contribution in [0.25, 0.3) is 0 Å². The smallest absolute Gasteiger partial charge is 0.240 e. The number of nitrogens with two attached hydrogens (primary N) is 1. The molecule has 1 saturated heterocycles. The van der Waals surface area contributed by atoms with Crippen LogP contribution in [-0.4, -0.2) is 53.6 Å². The number of hydrogen-bond acceptors (Lipinski definition) is 4. The summed E-state index contributed by atoms with van der Waals surface area (Å²) in [6.45, 7) is 2.58. The molecule has 2 unspecified atom stereocenters. The minimum atomic E-state index is -0.524. The summed E-state index contributed by atoms with van der Waals surface area (Å²) < 4.78 is 0. The van der Waals surface area contributed by atoms with Gasteiger partial charge in [-0.3, -0.25) is 9.59 Å². The monoisotopic (exact) mass is 215 g/mol. The van der Waals surface area contributed by atoms with E-state index >= 15 is 0 Å². The van der Waals surface area contributed by atoms with Gasteiger partial charge in [0.2, 0.25) is 11.8 Å². The lowest BCUT2D eigenvalue weighted by Crippen LogP contribution is -2.46. The largest absolute Gasteiger partial charge is 0.392 e. The lowest BCUT2D eigenvalue weighted by molar-refractivity contribution is -0.136. The Bertz CT molecular complexity index is 257. The molecular formula is C9H17N3O3. The molecule has 1 heterocycles. The molecule has 1 aliphatic rings. The second-order valence-electron chi connectivity index (χ2n) is 3.67. The Morgan fingerprint density at radius 1 is 1.60 bits per heavy atom. The highest BCUT2D eigenvalue weighted by Gasteiger charge is 2.31. The number of hydrogen-bond donors (Lipinski definition) is 3. The van der Waals surface area contributed by atoms with Crippen molar-refractivity contribution >= 4 is 11.8 Å². The molecule has 0 spiro atoms. The van der Waals surface area contributed by atoms with Gasteiger partial charge >= 0.3 is 0 Å². The molecule has 6 nitrogen and oxygen atoms in total. The quantitative estimate of drug-likeness (QED) is 0.507.